The third kappa shape index (κ3) is 3.77. The molecule has 4 rings (SSSR count). The molecule has 1 saturated heterocycles. The van der Waals surface area contributed by atoms with E-state index in [1.165, 1.54) is 0 Å². The van der Waals surface area contributed by atoms with E-state index in [4.69, 9.17) is 0 Å². The first-order chi connectivity index (χ1) is 13.1. The summed E-state index contributed by atoms with van der Waals surface area (Å²) in [5, 5.41) is 5.34. The number of aryl methyl sites for hydroxylation is 2. The summed E-state index contributed by atoms with van der Waals surface area (Å²) in [5.41, 5.74) is 2.79. The van der Waals surface area contributed by atoms with Crippen molar-refractivity contribution in [2.24, 2.45) is 5.92 Å². The normalized spacial score (nSPS) is 17.1. The van der Waals surface area contributed by atoms with Crippen LogP contribution < -0.4 is 10.2 Å². The highest BCUT2D eigenvalue weighted by Gasteiger charge is 2.27. The van der Waals surface area contributed by atoms with Gasteiger partial charge in [-0.05, 0) is 44.2 Å². The van der Waals surface area contributed by atoms with Crippen molar-refractivity contribution >= 4 is 28.3 Å². The highest BCUT2D eigenvalue weighted by molar-refractivity contribution is 6.02. The Morgan fingerprint density at radius 1 is 1.07 bits per heavy atom. The highest BCUT2D eigenvalue weighted by atomic mass is 16.1. The molecule has 0 saturated carbocycles. The summed E-state index contributed by atoms with van der Waals surface area (Å²) in [6, 6.07) is 16.1. The SMILES string of the molecule is Cc1cc(C)nc(N2CCC[C@H](C(=O)Nc3cccc4ccccc34)C2)n1. The highest BCUT2D eigenvalue weighted by Crippen LogP contribution is 2.26. The number of aromatic nitrogens is 2. The molecule has 2 heterocycles. The molecule has 1 aliphatic rings. The molecule has 1 aromatic heterocycles. The lowest BCUT2D eigenvalue weighted by atomic mass is 9.97. The zero-order valence-electron chi connectivity index (χ0n) is 15.8. The second kappa shape index (κ2) is 7.35. The van der Waals surface area contributed by atoms with Crippen LogP contribution in [0, 0.1) is 19.8 Å². The number of hydrogen-bond donors (Lipinski definition) is 1. The van der Waals surface area contributed by atoms with Gasteiger partial charge < -0.3 is 10.2 Å². The van der Waals surface area contributed by atoms with Crippen molar-refractivity contribution in [2.75, 3.05) is 23.3 Å². The molecule has 0 unspecified atom stereocenters. The van der Waals surface area contributed by atoms with Crippen molar-refractivity contribution in [1.82, 2.24) is 9.97 Å². The van der Waals surface area contributed by atoms with Gasteiger partial charge in [-0.3, -0.25) is 4.79 Å². The summed E-state index contributed by atoms with van der Waals surface area (Å²) >= 11 is 0. The summed E-state index contributed by atoms with van der Waals surface area (Å²) in [6.45, 7) is 5.50. The molecule has 3 aromatic rings. The number of nitrogens with zero attached hydrogens (tertiary/aromatic N) is 3. The molecule has 1 aliphatic heterocycles. The first kappa shape index (κ1) is 17.5. The molecule has 0 aliphatic carbocycles. The van der Waals surface area contributed by atoms with E-state index in [0.717, 1.165) is 53.2 Å². The standard InChI is InChI=1S/C22H24N4O/c1-15-13-16(2)24-22(23-15)26-12-6-9-18(14-26)21(27)25-20-11-5-8-17-7-3-4-10-19(17)20/h3-5,7-8,10-11,13,18H,6,9,12,14H2,1-2H3,(H,25,27)/t18-/m0/s1. The molecule has 27 heavy (non-hydrogen) atoms. The zero-order chi connectivity index (χ0) is 18.8. The minimum absolute atomic E-state index is 0.0675. The molecule has 138 valence electrons. The Hall–Kier alpha value is -2.95. The van der Waals surface area contributed by atoms with E-state index in [1.807, 2.05) is 50.2 Å². The van der Waals surface area contributed by atoms with Gasteiger partial charge in [-0.2, -0.15) is 0 Å². The van der Waals surface area contributed by atoms with Gasteiger partial charge in [0.2, 0.25) is 11.9 Å². The molecule has 1 atom stereocenters. The van der Waals surface area contributed by atoms with Gasteiger partial charge in [0, 0.05) is 35.6 Å². The smallest absolute Gasteiger partial charge is 0.229 e. The van der Waals surface area contributed by atoms with E-state index >= 15 is 0 Å². The van der Waals surface area contributed by atoms with Crippen molar-refractivity contribution in [2.45, 2.75) is 26.7 Å². The summed E-state index contributed by atoms with van der Waals surface area (Å²) in [7, 11) is 0. The Kier molecular flexibility index (Phi) is 4.75. The Labute approximate surface area is 159 Å². The molecule has 0 radical (unpaired) electrons. The van der Waals surface area contributed by atoms with Crippen molar-refractivity contribution in [3.05, 3.63) is 59.9 Å². The molecule has 1 N–H and O–H groups in total. The fourth-order valence-corrected chi connectivity index (χ4v) is 3.79. The molecule has 1 fully saturated rings. The van der Waals surface area contributed by atoms with Gasteiger partial charge in [0.15, 0.2) is 0 Å². The summed E-state index contributed by atoms with van der Waals surface area (Å²) < 4.78 is 0. The molecular formula is C22H24N4O. The van der Waals surface area contributed by atoms with E-state index in [0.29, 0.717) is 6.54 Å². The van der Waals surface area contributed by atoms with Crippen molar-refractivity contribution < 1.29 is 4.79 Å². The number of carbonyl (C=O) groups is 1. The van der Waals surface area contributed by atoms with Crippen LogP contribution in [0.5, 0.6) is 0 Å². The number of anilines is 2. The number of nitrogens with one attached hydrogen (secondary N) is 1. The van der Waals surface area contributed by atoms with Crippen LogP contribution in [0.2, 0.25) is 0 Å². The summed E-state index contributed by atoms with van der Waals surface area (Å²) in [6.07, 6.45) is 1.85. The van der Waals surface area contributed by atoms with Crippen molar-refractivity contribution in [1.29, 1.82) is 0 Å². The summed E-state index contributed by atoms with van der Waals surface area (Å²) in [5.74, 6) is 0.734. The quantitative estimate of drug-likeness (QED) is 0.764. The third-order valence-electron chi connectivity index (χ3n) is 5.09. The van der Waals surface area contributed by atoms with Crippen molar-refractivity contribution in [3.63, 3.8) is 0 Å². The van der Waals surface area contributed by atoms with E-state index in [9.17, 15) is 4.79 Å². The maximum atomic E-state index is 12.9. The Morgan fingerprint density at radius 3 is 2.63 bits per heavy atom. The van der Waals surface area contributed by atoms with Crippen LogP contribution in [0.25, 0.3) is 10.8 Å². The number of fused-ring (bicyclic) bond motifs is 1. The Balaban J connectivity index is 1.51. The number of carbonyl (C=O) groups excluding carboxylic acids is 1. The lowest BCUT2D eigenvalue weighted by Gasteiger charge is -2.32. The van der Waals surface area contributed by atoms with Gasteiger partial charge in [0.05, 0.1) is 5.92 Å². The fourth-order valence-electron chi connectivity index (χ4n) is 3.79. The molecule has 5 heteroatoms. The molecule has 5 nitrogen and oxygen atoms in total. The minimum atomic E-state index is -0.0675. The van der Waals surface area contributed by atoms with Gasteiger partial charge in [-0.25, -0.2) is 9.97 Å². The first-order valence-electron chi connectivity index (χ1n) is 9.46. The second-order valence-corrected chi connectivity index (χ2v) is 7.25. The van der Waals surface area contributed by atoms with Crippen LogP contribution in [0.3, 0.4) is 0 Å². The maximum Gasteiger partial charge on any atom is 0.229 e. The number of hydrogen-bond acceptors (Lipinski definition) is 4. The van der Waals surface area contributed by atoms with E-state index < -0.39 is 0 Å². The average Bonchev–Trinajstić information content (AvgIpc) is 2.67. The molecule has 0 spiro atoms. The maximum absolute atomic E-state index is 12.9. The van der Waals surface area contributed by atoms with E-state index in [2.05, 4.69) is 32.3 Å². The Bertz CT molecular complexity index is 959. The topological polar surface area (TPSA) is 58.1 Å². The van der Waals surface area contributed by atoms with Crippen LogP contribution >= 0.6 is 0 Å². The summed E-state index contributed by atoms with van der Waals surface area (Å²) in [4.78, 5) is 24.2. The van der Waals surface area contributed by atoms with E-state index in [-0.39, 0.29) is 11.8 Å². The number of benzene rings is 2. The van der Waals surface area contributed by atoms with Gasteiger partial charge in [-0.15, -0.1) is 0 Å². The lowest BCUT2D eigenvalue weighted by molar-refractivity contribution is -0.120. The fraction of sp³-hybridized carbons (Fsp3) is 0.318. The van der Waals surface area contributed by atoms with E-state index in [1.54, 1.807) is 0 Å². The number of piperidine rings is 1. The van der Waals surface area contributed by atoms with Crippen LogP contribution in [0.15, 0.2) is 48.5 Å². The molecule has 2 aromatic carbocycles. The average molecular weight is 360 g/mol. The van der Waals surface area contributed by atoms with Crippen LogP contribution in [0.4, 0.5) is 11.6 Å². The second-order valence-electron chi connectivity index (χ2n) is 7.25. The Morgan fingerprint density at radius 2 is 1.81 bits per heavy atom. The van der Waals surface area contributed by atoms with Crippen LogP contribution in [-0.2, 0) is 4.79 Å². The van der Waals surface area contributed by atoms with Gasteiger partial charge in [-0.1, -0.05) is 36.4 Å². The van der Waals surface area contributed by atoms with Crippen molar-refractivity contribution in [3.8, 4) is 0 Å². The lowest BCUT2D eigenvalue weighted by Crippen LogP contribution is -2.41. The molecule has 1 amide bonds. The van der Waals surface area contributed by atoms with Crippen LogP contribution in [0.1, 0.15) is 24.2 Å². The third-order valence-corrected chi connectivity index (χ3v) is 5.09. The predicted octanol–water partition coefficient (Wildman–Crippen LogP) is 4.10. The number of amides is 1. The van der Waals surface area contributed by atoms with Gasteiger partial charge >= 0.3 is 0 Å². The van der Waals surface area contributed by atoms with Gasteiger partial charge in [0.25, 0.3) is 0 Å². The largest absolute Gasteiger partial charge is 0.340 e. The zero-order valence-corrected chi connectivity index (χ0v) is 15.8. The van der Waals surface area contributed by atoms with Gasteiger partial charge in [0.1, 0.15) is 0 Å². The number of rotatable bonds is 3. The minimum Gasteiger partial charge on any atom is -0.340 e. The first-order valence-corrected chi connectivity index (χ1v) is 9.46. The molecule has 0 bridgehead atoms. The monoisotopic (exact) mass is 360 g/mol. The van der Waals surface area contributed by atoms with Crippen LogP contribution in [-0.4, -0.2) is 29.0 Å². The predicted molar refractivity (Wildman–Crippen MR) is 109 cm³/mol. The molecular weight excluding hydrogens is 336 g/mol.